The van der Waals surface area contributed by atoms with Gasteiger partial charge in [-0.3, -0.25) is 0 Å². The monoisotopic (exact) mass is 247 g/mol. The van der Waals surface area contributed by atoms with E-state index in [9.17, 15) is 9.90 Å². The molecule has 0 saturated heterocycles. The Hall–Kier alpha value is -1.96. The number of pyridine rings is 1. The number of fused-ring (bicyclic) bond motifs is 2. The van der Waals surface area contributed by atoms with Crippen LogP contribution in [0, 0.1) is 0 Å². The molecule has 1 aromatic rings. The molecule has 0 fully saturated rings. The fraction of sp³-hybridized carbons (Fsp3) is 0.0769. The number of carbonyl (C=O) groups excluding carboxylic acids is 1. The van der Waals surface area contributed by atoms with Crippen LogP contribution in [0.4, 0.5) is 10.6 Å². The Morgan fingerprint density at radius 3 is 2.74 bits per heavy atom. The van der Waals surface area contributed by atoms with Crippen LogP contribution in [0.3, 0.4) is 0 Å². The van der Waals surface area contributed by atoms with E-state index in [4.69, 9.17) is 0 Å². The third kappa shape index (κ3) is 2.18. The van der Waals surface area contributed by atoms with E-state index in [-0.39, 0.29) is 18.9 Å². The van der Waals surface area contributed by atoms with Crippen molar-refractivity contribution in [2.75, 3.05) is 5.32 Å². The van der Waals surface area contributed by atoms with Gasteiger partial charge in [0.25, 0.3) is 0 Å². The maximum absolute atomic E-state index is 10.7. The second kappa shape index (κ2) is 4.96. The van der Waals surface area contributed by atoms with E-state index < -0.39 is 11.5 Å². The Morgan fingerprint density at radius 1 is 1.32 bits per heavy atom. The predicted molar refractivity (Wildman–Crippen MR) is 64.2 cm³/mol. The summed E-state index contributed by atoms with van der Waals surface area (Å²) in [6.45, 7) is 0. The molecule has 1 N–H and O–H groups in total. The fourth-order valence-corrected chi connectivity index (χ4v) is 2.14. The van der Waals surface area contributed by atoms with Crippen LogP contribution < -0.4 is 29.3 Å². The van der Waals surface area contributed by atoms with Gasteiger partial charge in [-0.05, 0) is 30.5 Å². The number of carbonyl (C=O) groups is 1. The molecule has 0 aromatic carbocycles. The number of aromatic nitrogens is 1. The average molecular weight is 247 g/mol. The number of nitrogens with one attached hydrogen (secondary N) is 1. The molecule has 1 aromatic heterocycles. The van der Waals surface area contributed by atoms with Crippen molar-refractivity contribution in [1.29, 1.82) is 0 Å². The summed E-state index contributed by atoms with van der Waals surface area (Å²) < 4.78 is 0. The summed E-state index contributed by atoms with van der Waals surface area (Å²) in [5.74, 6) is 0.774. The standard InChI is InChI=1S/C13H11N3O2.Li/c17-12(18)16-8-4-13(5-9-16)3-7-15-11-10(13)2-1-6-14-11;/h1-9H,(H,14,15)(H,17,18);/q;+1/p-1. The van der Waals surface area contributed by atoms with E-state index in [0.717, 1.165) is 16.3 Å². The zero-order valence-electron chi connectivity index (χ0n) is 10.4. The molecule has 0 saturated carbocycles. The van der Waals surface area contributed by atoms with Crippen LogP contribution in [0.5, 0.6) is 0 Å². The first-order valence-corrected chi connectivity index (χ1v) is 5.49. The Morgan fingerprint density at radius 2 is 2.05 bits per heavy atom. The molecule has 3 rings (SSSR count). The molecular formula is C13H10LiN3O2. The van der Waals surface area contributed by atoms with Crippen LogP contribution in [0.25, 0.3) is 0 Å². The second-order valence-corrected chi connectivity index (χ2v) is 4.11. The summed E-state index contributed by atoms with van der Waals surface area (Å²) in [6, 6.07) is 3.82. The zero-order chi connectivity index (χ0) is 12.6. The van der Waals surface area contributed by atoms with Gasteiger partial charge in [0.05, 0.1) is 5.41 Å². The van der Waals surface area contributed by atoms with E-state index in [1.807, 2.05) is 18.2 Å². The number of rotatable bonds is 0. The van der Waals surface area contributed by atoms with Crippen molar-refractivity contribution < 1.29 is 28.8 Å². The first kappa shape index (κ1) is 13.5. The first-order valence-electron chi connectivity index (χ1n) is 5.49. The van der Waals surface area contributed by atoms with Crippen molar-refractivity contribution in [2.24, 2.45) is 0 Å². The first-order chi connectivity index (χ1) is 8.71. The van der Waals surface area contributed by atoms with Gasteiger partial charge in [-0.15, -0.1) is 0 Å². The van der Waals surface area contributed by atoms with Crippen molar-refractivity contribution in [3.63, 3.8) is 0 Å². The molecule has 1 amide bonds. The minimum atomic E-state index is -1.25. The number of hydrogen-bond donors (Lipinski definition) is 1. The topological polar surface area (TPSA) is 68.3 Å². The van der Waals surface area contributed by atoms with E-state index >= 15 is 0 Å². The number of amides is 1. The number of allylic oxidation sites excluding steroid dienone is 3. The number of hydrogen-bond acceptors (Lipinski definition) is 4. The zero-order valence-corrected chi connectivity index (χ0v) is 10.4. The van der Waals surface area contributed by atoms with Crippen molar-refractivity contribution in [3.05, 3.63) is 60.7 Å². The molecule has 0 aliphatic carbocycles. The third-order valence-electron chi connectivity index (χ3n) is 3.09. The molecule has 2 aliphatic heterocycles. The Bertz CT molecular complexity index is 581. The molecule has 0 bridgehead atoms. The van der Waals surface area contributed by atoms with Gasteiger partial charge in [-0.2, -0.15) is 0 Å². The number of anilines is 1. The van der Waals surface area contributed by atoms with Gasteiger partial charge in [0.2, 0.25) is 0 Å². The normalized spacial score (nSPS) is 17.6. The minimum absolute atomic E-state index is 0. The molecule has 0 radical (unpaired) electrons. The predicted octanol–water partition coefficient (Wildman–Crippen LogP) is -2.05. The molecule has 5 nitrogen and oxygen atoms in total. The Labute approximate surface area is 122 Å². The van der Waals surface area contributed by atoms with E-state index in [0.29, 0.717) is 0 Å². The van der Waals surface area contributed by atoms with Crippen LogP contribution in [0.2, 0.25) is 0 Å². The van der Waals surface area contributed by atoms with Crippen molar-refractivity contribution in [1.82, 2.24) is 9.88 Å². The van der Waals surface area contributed by atoms with E-state index in [2.05, 4.69) is 10.3 Å². The van der Waals surface area contributed by atoms with Gasteiger partial charge in [0.15, 0.2) is 0 Å². The molecule has 6 heteroatoms. The van der Waals surface area contributed by atoms with Crippen molar-refractivity contribution >= 4 is 11.9 Å². The molecule has 1 spiro atoms. The van der Waals surface area contributed by atoms with Crippen LogP contribution in [0.15, 0.2) is 55.2 Å². The number of nitrogens with zero attached hydrogens (tertiary/aromatic N) is 2. The molecule has 2 aliphatic rings. The SMILES string of the molecule is O=C([O-])N1C=CC2(C=CNc3ncccc32)C=C1.[Li+]. The van der Waals surface area contributed by atoms with Crippen LogP contribution in [-0.4, -0.2) is 16.0 Å². The molecule has 3 heterocycles. The summed E-state index contributed by atoms with van der Waals surface area (Å²) >= 11 is 0. The number of carboxylic acid groups (broad SMARTS) is 1. The van der Waals surface area contributed by atoms with Gasteiger partial charge in [-0.1, -0.05) is 6.07 Å². The van der Waals surface area contributed by atoms with Gasteiger partial charge in [0.1, 0.15) is 11.9 Å². The summed E-state index contributed by atoms with van der Waals surface area (Å²) in [5.41, 5.74) is 0.541. The van der Waals surface area contributed by atoms with Gasteiger partial charge in [-0.25, -0.2) is 4.98 Å². The molecule has 19 heavy (non-hydrogen) atoms. The largest absolute Gasteiger partial charge is 1.00 e. The van der Waals surface area contributed by atoms with Crippen LogP contribution >= 0.6 is 0 Å². The van der Waals surface area contributed by atoms with Crippen LogP contribution in [-0.2, 0) is 5.41 Å². The smallest absolute Gasteiger partial charge is 0.529 e. The summed E-state index contributed by atoms with van der Waals surface area (Å²) in [6.07, 6.45) is 10.8. The maximum Gasteiger partial charge on any atom is 1.00 e. The molecule has 0 atom stereocenters. The Kier molecular flexibility index (Phi) is 3.52. The Balaban J connectivity index is 0.00000133. The summed E-state index contributed by atoms with van der Waals surface area (Å²) in [7, 11) is 0. The van der Waals surface area contributed by atoms with E-state index in [1.165, 1.54) is 12.4 Å². The molecule has 90 valence electrons. The van der Waals surface area contributed by atoms with Crippen molar-refractivity contribution in [3.8, 4) is 0 Å². The summed E-state index contributed by atoms with van der Waals surface area (Å²) in [4.78, 5) is 16.0. The van der Waals surface area contributed by atoms with Crippen molar-refractivity contribution in [2.45, 2.75) is 5.41 Å². The second-order valence-electron chi connectivity index (χ2n) is 4.11. The summed E-state index contributed by atoms with van der Waals surface area (Å²) in [5, 5.41) is 13.8. The molecular weight excluding hydrogens is 237 g/mol. The maximum atomic E-state index is 10.7. The fourth-order valence-electron chi connectivity index (χ4n) is 2.14. The minimum Gasteiger partial charge on any atom is -0.529 e. The molecule has 0 unspecified atom stereocenters. The van der Waals surface area contributed by atoms with Gasteiger partial charge in [0, 0.05) is 24.2 Å². The van der Waals surface area contributed by atoms with Gasteiger partial charge >= 0.3 is 18.9 Å². The van der Waals surface area contributed by atoms with Crippen LogP contribution in [0.1, 0.15) is 5.56 Å². The average Bonchev–Trinajstić information content (AvgIpc) is 2.40. The third-order valence-corrected chi connectivity index (χ3v) is 3.09. The van der Waals surface area contributed by atoms with Gasteiger partial charge < -0.3 is 20.1 Å². The van der Waals surface area contributed by atoms with E-state index in [1.54, 1.807) is 24.5 Å². The quantitative estimate of drug-likeness (QED) is 0.536.